The molecule has 1 N–H and O–H groups in total. The average molecular weight is 444 g/mol. The molecule has 1 aliphatic carbocycles. The Hall–Kier alpha value is -2.67. The number of thiophene rings is 2. The van der Waals surface area contributed by atoms with E-state index in [9.17, 15) is 14.9 Å². The van der Waals surface area contributed by atoms with Crippen LogP contribution >= 0.6 is 22.7 Å². The molecule has 2 amide bonds. The van der Waals surface area contributed by atoms with E-state index >= 15 is 0 Å². The van der Waals surface area contributed by atoms with Crippen LogP contribution in [0.3, 0.4) is 0 Å². The number of nitrogens with one attached hydrogen (secondary N) is 1. The minimum atomic E-state index is -0.319. The van der Waals surface area contributed by atoms with Crippen molar-refractivity contribution < 1.29 is 19.1 Å². The lowest BCUT2D eigenvalue weighted by atomic mass is 9.94. The highest BCUT2D eigenvalue weighted by molar-refractivity contribution is 7.16. The Morgan fingerprint density at radius 1 is 1.37 bits per heavy atom. The molecule has 0 radical (unpaired) electrons. The van der Waals surface area contributed by atoms with Gasteiger partial charge >= 0.3 is 6.09 Å². The number of nitrogens with zero attached hydrogens (tertiary/aromatic N) is 2. The first kappa shape index (κ1) is 20.6. The number of carbonyl (C=O) groups excluding carboxylic acids is 2. The van der Waals surface area contributed by atoms with Crippen molar-refractivity contribution >= 4 is 45.8 Å². The molecule has 0 saturated carbocycles. The van der Waals surface area contributed by atoms with E-state index < -0.39 is 0 Å². The number of amides is 2. The van der Waals surface area contributed by atoms with Gasteiger partial charge in [-0.05, 0) is 46.9 Å². The van der Waals surface area contributed by atoms with Crippen molar-refractivity contribution in [3.63, 3.8) is 0 Å². The van der Waals surface area contributed by atoms with Crippen LogP contribution < -0.4 is 5.32 Å². The van der Waals surface area contributed by atoms with E-state index in [1.54, 1.807) is 29.4 Å². The van der Waals surface area contributed by atoms with Gasteiger partial charge in [-0.3, -0.25) is 4.79 Å². The quantitative estimate of drug-likeness (QED) is 0.712. The maximum Gasteiger partial charge on any atom is 0.410 e. The second-order valence-electron chi connectivity index (χ2n) is 7.21. The van der Waals surface area contributed by atoms with Gasteiger partial charge in [0.05, 0.1) is 24.8 Å². The van der Waals surface area contributed by atoms with Gasteiger partial charge in [-0.25, -0.2) is 4.79 Å². The first-order valence-corrected chi connectivity index (χ1v) is 11.4. The second kappa shape index (κ2) is 9.00. The molecular formula is C21H21N3O4S2. The van der Waals surface area contributed by atoms with E-state index in [-0.39, 0.29) is 24.2 Å². The molecule has 2 aromatic rings. The fourth-order valence-electron chi connectivity index (χ4n) is 3.51. The smallest absolute Gasteiger partial charge is 0.410 e. The summed E-state index contributed by atoms with van der Waals surface area (Å²) in [6, 6.07) is 4.15. The molecule has 156 valence electrons. The fourth-order valence-corrected chi connectivity index (χ4v) is 5.41. The van der Waals surface area contributed by atoms with E-state index in [2.05, 4.69) is 11.4 Å². The Kier molecular flexibility index (Phi) is 6.18. The van der Waals surface area contributed by atoms with Crippen molar-refractivity contribution in [2.24, 2.45) is 0 Å². The van der Waals surface area contributed by atoms with Gasteiger partial charge in [-0.2, -0.15) is 16.6 Å². The lowest BCUT2D eigenvalue weighted by Crippen LogP contribution is -2.55. The maximum atomic E-state index is 12.3. The summed E-state index contributed by atoms with van der Waals surface area (Å²) in [7, 11) is 1.63. The van der Waals surface area contributed by atoms with Gasteiger partial charge in [0.2, 0.25) is 5.91 Å². The lowest BCUT2D eigenvalue weighted by Gasteiger charge is -2.38. The van der Waals surface area contributed by atoms with Crippen LogP contribution in [0.5, 0.6) is 0 Å². The molecule has 1 atom stereocenters. The molecule has 1 unspecified atom stereocenters. The Morgan fingerprint density at radius 3 is 2.90 bits per heavy atom. The summed E-state index contributed by atoms with van der Waals surface area (Å²) in [5.74, 6) is -0.273. The largest absolute Gasteiger partial charge is 0.446 e. The summed E-state index contributed by atoms with van der Waals surface area (Å²) in [5.41, 5.74) is 2.43. The Balaban J connectivity index is 1.39. The van der Waals surface area contributed by atoms with Gasteiger partial charge in [-0.1, -0.05) is 0 Å². The SMILES string of the molecule is COC1CN(C(=O)OC2CCc3c(sc(NC(=O)C=Cc4ccsc4)c3C#N)C2)C1. The standard InChI is InChI=1S/C21H21N3O4S2/c1-27-15-10-24(11-15)21(26)28-14-3-4-16-17(9-22)20(30-18(16)8-14)23-19(25)5-2-13-6-7-29-12-13/h2,5-7,12,14-15H,3-4,8,10-11H2,1H3,(H,23,25). The number of nitriles is 1. The zero-order valence-electron chi connectivity index (χ0n) is 16.4. The van der Waals surface area contributed by atoms with Crippen molar-refractivity contribution in [2.45, 2.75) is 31.5 Å². The molecule has 2 aliphatic rings. The Morgan fingerprint density at radius 2 is 2.20 bits per heavy atom. The van der Waals surface area contributed by atoms with Crippen LogP contribution in [0.2, 0.25) is 0 Å². The number of ether oxygens (including phenoxy) is 2. The Bertz CT molecular complexity index is 1000. The second-order valence-corrected chi connectivity index (χ2v) is 9.10. The third-order valence-electron chi connectivity index (χ3n) is 5.25. The molecule has 2 aromatic heterocycles. The third-order valence-corrected chi connectivity index (χ3v) is 7.12. The van der Waals surface area contributed by atoms with Gasteiger partial charge in [0.15, 0.2) is 0 Å². The average Bonchev–Trinajstić information content (AvgIpc) is 3.32. The molecule has 1 saturated heterocycles. The van der Waals surface area contributed by atoms with Gasteiger partial charge in [-0.15, -0.1) is 11.3 Å². The van der Waals surface area contributed by atoms with E-state index in [0.29, 0.717) is 42.9 Å². The van der Waals surface area contributed by atoms with Gasteiger partial charge < -0.3 is 19.7 Å². The van der Waals surface area contributed by atoms with Crippen LogP contribution in [0.1, 0.15) is 28.0 Å². The van der Waals surface area contributed by atoms with Crippen molar-refractivity contribution in [2.75, 3.05) is 25.5 Å². The van der Waals surface area contributed by atoms with Gasteiger partial charge in [0.1, 0.15) is 17.2 Å². The summed E-state index contributed by atoms with van der Waals surface area (Å²) in [6.07, 6.45) is 4.62. The molecular weight excluding hydrogens is 422 g/mol. The van der Waals surface area contributed by atoms with Gasteiger partial charge in [0.25, 0.3) is 0 Å². The van der Waals surface area contributed by atoms with E-state index in [1.807, 2.05) is 16.8 Å². The molecule has 0 bridgehead atoms. The van der Waals surface area contributed by atoms with Crippen molar-refractivity contribution in [3.05, 3.63) is 44.5 Å². The number of fused-ring (bicyclic) bond motifs is 1. The first-order chi connectivity index (χ1) is 14.6. The highest BCUT2D eigenvalue weighted by Crippen LogP contribution is 2.38. The van der Waals surface area contributed by atoms with Crippen LogP contribution in [-0.2, 0) is 27.1 Å². The van der Waals surface area contributed by atoms with Crippen LogP contribution in [0.4, 0.5) is 9.80 Å². The lowest BCUT2D eigenvalue weighted by molar-refractivity contribution is -0.111. The van der Waals surface area contributed by atoms with Gasteiger partial charge in [0, 0.05) is 24.5 Å². The minimum Gasteiger partial charge on any atom is -0.446 e. The Labute approximate surface area is 182 Å². The number of carbonyl (C=O) groups is 2. The molecule has 0 spiro atoms. The van der Waals surface area contributed by atoms with E-state index in [1.165, 1.54) is 17.4 Å². The number of anilines is 1. The molecule has 30 heavy (non-hydrogen) atoms. The number of likely N-dealkylation sites (tertiary alicyclic amines) is 1. The monoisotopic (exact) mass is 443 g/mol. The minimum absolute atomic E-state index is 0.0888. The molecule has 1 aliphatic heterocycles. The van der Waals surface area contributed by atoms with Crippen LogP contribution in [-0.4, -0.2) is 49.3 Å². The summed E-state index contributed by atoms with van der Waals surface area (Å²) < 4.78 is 10.8. The highest BCUT2D eigenvalue weighted by Gasteiger charge is 2.34. The predicted octanol–water partition coefficient (Wildman–Crippen LogP) is 3.66. The van der Waals surface area contributed by atoms with Crippen molar-refractivity contribution in [1.29, 1.82) is 5.26 Å². The van der Waals surface area contributed by atoms with Crippen LogP contribution in [0, 0.1) is 11.3 Å². The van der Waals surface area contributed by atoms with Crippen LogP contribution in [0.25, 0.3) is 6.08 Å². The van der Waals surface area contributed by atoms with Crippen LogP contribution in [0.15, 0.2) is 22.9 Å². The highest BCUT2D eigenvalue weighted by atomic mass is 32.1. The number of methoxy groups -OCH3 is 1. The molecule has 7 nitrogen and oxygen atoms in total. The predicted molar refractivity (Wildman–Crippen MR) is 116 cm³/mol. The normalized spacial score (nSPS) is 18.5. The maximum absolute atomic E-state index is 12.3. The summed E-state index contributed by atoms with van der Waals surface area (Å²) in [6.45, 7) is 1.11. The molecule has 4 rings (SSSR count). The van der Waals surface area contributed by atoms with E-state index in [4.69, 9.17) is 9.47 Å². The van der Waals surface area contributed by atoms with Crippen molar-refractivity contribution in [1.82, 2.24) is 4.90 Å². The third kappa shape index (κ3) is 4.41. The van der Waals surface area contributed by atoms with Crippen molar-refractivity contribution in [3.8, 4) is 6.07 Å². The summed E-state index contributed by atoms with van der Waals surface area (Å²) in [5, 5.41) is 16.9. The topological polar surface area (TPSA) is 91.7 Å². The molecule has 1 fully saturated rings. The molecule has 9 heteroatoms. The fraction of sp³-hybridized carbons (Fsp3) is 0.381. The summed E-state index contributed by atoms with van der Waals surface area (Å²) >= 11 is 2.95. The number of hydrogen-bond donors (Lipinski definition) is 1. The first-order valence-electron chi connectivity index (χ1n) is 9.61. The zero-order valence-corrected chi connectivity index (χ0v) is 18.1. The summed E-state index contributed by atoms with van der Waals surface area (Å²) in [4.78, 5) is 27.1. The number of rotatable bonds is 5. The molecule has 3 heterocycles. The van der Waals surface area contributed by atoms with E-state index in [0.717, 1.165) is 16.0 Å². The molecule has 0 aromatic carbocycles. The number of hydrogen-bond acceptors (Lipinski definition) is 7. The zero-order chi connectivity index (χ0) is 21.1.